The molecule has 3 aromatic rings. The number of carbonyl (C=O) groups excluding carboxylic acids is 2. The molecule has 2 aromatic heterocycles. The third-order valence-corrected chi connectivity index (χ3v) is 8.27. The standard InChI is InChI=1S/C30H36F2N4O4S/c1-6-8-11-40-27-25-29(39)35(18(3)4)17-30(5,16-34-24(37)7-2)36(25)15-22(26(27)38)28-33-14-21(41-28)12-19-9-10-20(31)13-23(19)32/h9-10,13-15,18H,6-8,11-12,16-17H2,1-5H3,(H,34,37). The van der Waals surface area contributed by atoms with Gasteiger partial charge in [0.05, 0.1) is 17.7 Å². The van der Waals surface area contributed by atoms with E-state index in [-0.39, 0.29) is 54.4 Å². The number of fused-ring (bicyclic) bond motifs is 1. The van der Waals surface area contributed by atoms with Crippen molar-refractivity contribution in [1.82, 2.24) is 19.8 Å². The van der Waals surface area contributed by atoms with Gasteiger partial charge in [0.15, 0.2) is 11.4 Å². The number of pyridine rings is 1. The molecule has 0 aliphatic carbocycles. The molecular weight excluding hydrogens is 550 g/mol. The Morgan fingerprint density at radius 1 is 1.24 bits per heavy atom. The molecule has 0 saturated heterocycles. The van der Waals surface area contributed by atoms with Gasteiger partial charge in [-0.25, -0.2) is 13.8 Å². The second-order valence-electron chi connectivity index (χ2n) is 10.8. The number of rotatable bonds is 11. The van der Waals surface area contributed by atoms with Crippen molar-refractivity contribution in [1.29, 1.82) is 0 Å². The average molecular weight is 587 g/mol. The van der Waals surface area contributed by atoms with Crippen molar-refractivity contribution in [2.75, 3.05) is 19.7 Å². The molecule has 0 bridgehead atoms. The number of benzene rings is 1. The lowest BCUT2D eigenvalue weighted by Crippen LogP contribution is -2.59. The van der Waals surface area contributed by atoms with Gasteiger partial charge in [-0.3, -0.25) is 14.4 Å². The second-order valence-corrected chi connectivity index (χ2v) is 11.9. The summed E-state index contributed by atoms with van der Waals surface area (Å²) in [5, 5.41) is 3.34. The summed E-state index contributed by atoms with van der Waals surface area (Å²) in [6, 6.07) is 3.28. The van der Waals surface area contributed by atoms with E-state index in [2.05, 4.69) is 10.3 Å². The Morgan fingerprint density at radius 3 is 2.66 bits per heavy atom. The minimum atomic E-state index is -0.791. The van der Waals surface area contributed by atoms with E-state index in [4.69, 9.17) is 4.74 Å². The van der Waals surface area contributed by atoms with Crippen LogP contribution < -0.4 is 15.5 Å². The zero-order chi connectivity index (χ0) is 29.9. The molecule has 1 atom stereocenters. The Kier molecular flexibility index (Phi) is 9.26. The maximum atomic E-state index is 14.3. The molecule has 1 aliphatic rings. The molecular formula is C30H36F2N4O4S. The summed E-state index contributed by atoms with van der Waals surface area (Å²) in [5.41, 5.74) is -0.546. The number of nitrogens with zero attached hydrogens (tertiary/aromatic N) is 3. The number of thiazole rings is 1. The van der Waals surface area contributed by atoms with Crippen molar-refractivity contribution in [3.8, 4) is 16.3 Å². The Hall–Kier alpha value is -3.60. The van der Waals surface area contributed by atoms with E-state index in [0.717, 1.165) is 12.5 Å². The topological polar surface area (TPSA) is 93.5 Å². The van der Waals surface area contributed by atoms with Crippen LogP contribution in [-0.2, 0) is 16.8 Å². The minimum Gasteiger partial charge on any atom is -0.487 e. The first-order valence-corrected chi connectivity index (χ1v) is 14.7. The molecule has 1 unspecified atom stereocenters. The molecule has 0 fully saturated rings. The van der Waals surface area contributed by atoms with Gasteiger partial charge in [0.1, 0.15) is 16.6 Å². The van der Waals surface area contributed by atoms with Gasteiger partial charge < -0.3 is 19.5 Å². The van der Waals surface area contributed by atoms with Gasteiger partial charge in [0.25, 0.3) is 5.91 Å². The second kappa shape index (κ2) is 12.5. The maximum absolute atomic E-state index is 14.3. The molecule has 3 heterocycles. The first-order valence-electron chi connectivity index (χ1n) is 13.9. The van der Waals surface area contributed by atoms with Crippen LogP contribution in [0.25, 0.3) is 10.6 Å². The van der Waals surface area contributed by atoms with Crippen molar-refractivity contribution in [2.24, 2.45) is 0 Å². The van der Waals surface area contributed by atoms with Gasteiger partial charge >= 0.3 is 0 Å². The van der Waals surface area contributed by atoms with E-state index in [1.165, 1.54) is 23.5 Å². The molecule has 1 aliphatic heterocycles. The van der Waals surface area contributed by atoms with E-state index in [9.17, 15) is 23.2 Å². The Balaban J connectivity index is 1.85. The van der Waals surface area contributed by atoms with Crippen LogP contribution >= 0.6 is 11.3 Å². The van der Waals surface area contributed by atoms with Crippen molar-refractivity contribution in [2.45, 2.75) is 71.9 Å². The average Bonchev–Trinajstić information content (AvgIpc) is 3.40. The predicted octanol–water partition coefficient (Wildman–Crippen LogP) is 5.13. The number of hydrogen-bond donors (Lipinski definition) is 1. The van der Waals surface area contributed by atoms with E-state index in [1.807, 2.05) is 27.7 Å². The molecule has 0 radical (unpaired) electrons. The Labute approximate surface area is 242 Å². The SMILES string of the molecule is CCCCOc1c2n(cc(-c3ncc(Cc4ccc(F)cc4F)s3)c1=O)C(C)(CNC(=O)CC)CN(C(C)C)C2=O. The maximum Gasteiger partial charge on any atom is 0.274 e. The number of carbonyl (C=O) groups is 2. The van der Waals surface area contributed by atoms with Crippen molar-refractivity contribution in [3.63, 3.8) is 0 Å². The number of unbranched alkanes of at least 4 members (excludes halogenated alkanes) is 1. The lowest BCUT2D eigenvalue weighted by molar-refractivity contribution is -0.121. The summed E-state index contributed by atoms with van der Waals surface area (Å²) in [5.74, 6) is -1.79. The smallest absolute Gasteiger partial charge is 0.274 e. The van der Waals surface area contributed by atoms with Crippen LogP contribution in [0.2, 0.25) is 0 Å². The fraction of sp³-hybridized carbons (Fsp3) is 0.467. The fourth-order valence-electron chi connectivity index (χ4n) is 4.81. The quantitative estimate of drug-likeness (QED) is 0.315. The highest BCUT2D eigenvalue weighted by Crippen LogP contribution is 2.35. The molecule has 11 heteroatoms. The molecule has 2 amide bonds. The van der Waals surface area contributed by atoms with E-state index >= 15 is 0 Å². The van der Waals surface area contributed by atoms with E-state index in [1.54, 1.807) is 28.8 Å². The molecule has 1 aromatic carbocycles. The summed E-state index contributed by atoms with van der Waals surface area (Å²) >= 11 is 1.22. The lowest BCUT2D eigenvalue weighted by atomic mass is 9.94. The predicted molar refractivity (Wildman–Crippen MR) is 154 cm³/mol. The monoisotopic (exact) mass is 586 g/mol. The summed E-state index contributed by atoms with van der Waals surface area (Å²) in [6.07, 6.45) is 5.21. The van der Waals surface area contributed by atoms with Crippen LogP contribution in [0, 0.1) is 11.6 Å². The highest BCUT2D eigenvalue weighted by Gasteiger charge is 2.43. The third kappa shape index (κ3) is 6.34. The van der Waals surface area contributed by atoms with E-state index < -0.39 is 22.6 Å². The first-order chi connectivity index (χ1) is 19.5. The van der Waals surface area contributed by atoms with Crippen molar-refractivity contribution in [3.05, 3.63) is 68.6 Å². The van der Waals surface area contributed by atoms with Crippen molar-refractivity contribution >= 4 is 23.2 Å². The molecule has 4 rings (SSSR count). The minimum absolute atomic E-state index is 0.0410. The normalized spacial score (nSPS) is 16.7. The van der Waals surface area contributed by atoms with Crippen LogP contribution in [0.5, 0.6) is 5.75 Å². The van der Waals surface area contributed by atoms with Gasteiger partial charge in [-0.1, -0.05) is 26.3 Å². The zero-order valence-corrected chi connectivity index (χ0v) is 24.9. The number of ether oxygens (including phenoxy) is 1. The van der Waals surface area contributed by atoms with E-state index in [0.29, 0.717) is 34.8 Å². The van der Waals surface area contributed by atoms with Crippen LogP contribution in [0.15, 0.2) is 35.4 Å². The Morgan fingerprint density at radius 2 is 2.00 bits per heavy atom. The molecule has 220 valence electrons. The molecule has 41 heavy (non-hydrogen) atoms. The lowest BCUT2D eigenvalue weighted by Gasteiger charge is -2.45. The van der Waals surface area contributed by atoms with Gasteiger partial charge in [-0.15, -0.1) is 11.3 Å². The number of amides is 2. The molecule has 0 saturated carbocycles. The number of hydrogen-bond acceptors (Lipinski definition) is 6. The Bertz CT molecular complexity index is 1500. The van der Waals surface area contributed by atoms with Crippen LogP contribution in [0.4, 0.5) is 8.78 Å². The van der Waals surface area contributed by atoms with Gasteiger partial charge in [0.2, 0.25) is 11.3 Å². The molecule has 1 N–H and O–H groups in total. The summed E-state index contributed by atoms with van der Waals surface area (Å²) in [7, 11) is 0. The summed E-state index contributed by atoms with van der Waals surface area (Å²) < 4.78 is 35.4. The largest absolute Gasteiger partial charge is 0.487 e. The van der Waals surface area contributed by atoms with Crippen LogP contribution in [0.3, 0.4) is 0 Å². The fourth-order valence-corrected chi connectivity index (χ4v) is 5.75. The van der Waals surface area contributed by atoms with Gasteiger partial charge in [0, 0.05) is 55.3 Å². The number of nitrogens with one attached hydrogen (secondary N) is 1. The summed E-state index contributed by atoms with van der Waals surface area (Å²) in [6.45, 7) is 10.3. The van der Waals surface area contributed by atoms with Gasteiger partial charge in [-0.2, -0.15) is 0 Å². The molecule has 8 nitrogen and oxygen atoms in total. The number of halogens is 2. The molecule has 0 spiro atoms. The third-order valence-electron chi connectivity index (χ3n) is 7.24. The highest BCUT2D eigenvalue weighted by molar-refractivity contribution is 7.15. The van der Waals surface area contributed by atoms with Crippen molar-refractivity contribution < 1.29 is 23.1 Å². The van der Waals surface area contributed by atoms with Crippen LogP contribution in [-0.4, -0.2) is 52.0 Å². The first kappa shape index (κ1) is 30.4. The summed E-state index contributed by atoms with van der Waals surface area (Å²) in [4.78, 5) is 46.8. The highest BCUT2D eigenvalue weighted by atomic mass is 32.1. The van der Waals surface area contributed by atoms with Crippen LogP contribution in [0.1, 0.15) is 74.8 Å². The number of aromatic nitrogens is 2. The zero-order valence-electron chi connectivity index (χ0n) is 24.1. The van der Waals surface area contributed by atoms with Gasteiger partial charge in [-0.05, 0) is 38.8 Å².